The highest BCUT2D eigenvalue weighted by Crippen LogP contribution is 2.61. The van der Waals surface area contributed by atoms with Crippen molar-refractivity contribution in [1.82, 2.24) is 4.90 Å². The molecule has 110 valence electrons. The second kappa shape index (κ2) is 4.62. The summed E-state index contributed by atoms with van der Waals surface area (Å²) in [6, 6.07) is 0.826. The van der Waals surface area contributed by atoms with Crippen molar-refractivity contribution in [2.45, 2.75) is 44.6 Å². The van der Waals surface area contributed by atoms with Crippen molar-refractivity contribution < 1.29 is 4.74 Å². The quantitative estimate of drug-likeness (QED) is 0.724. The molecular weight excluding hydrogens is 246 g/mol. The first-order chi connectivity index (χ1) is 9.74. The molecule has 20 heavy (non-hydrogen) atoms. The van der Waals surface area contributed by atoms with Gasteiger partial charge in [0.05, 0.1) is 7.11 Å². The van der Waals surface area contributed by atoms with Crippen molar-refractivity contribution >= 4 is 0 Å². The third-order valence-corrected chi connectivity index (χ3v) is 6.83. The fourth-order valence-corrected chi connectivity index (χ4v) is 5.89. The summed E-state index contributed by atoms with van der Waals surface area (Å²) in [4.78, 5) is 2.66. The molecule has 2 bridgehead atoms. The van der Waals surface area contributed by atoms with Gasteiger partial charge in [-0.2, -0.15) is 0 Å². The standard InChI is InChI=1S/C18H27NO/c1-19-10-9-18-8-4-3-5-15(18)17(19)11-13-6-7-14(20-2)12-16(13)18/h6-7,12-13,15-17H,3-5,8-11H2,1-2H3. The molecule has 2 heteroatoms. The van der Waals surface area contributed by atoms with Crippen LogP contribution in [0.3, 0.4) is 0 Å². The Bertz CT molecular complexity index is 454. The molecule has 1 aliphatic heterocycles. The van der Waals surface area contributed by atoms with Gasteiger partial charge in [0.15, 0.2) is 0 Å². The average molecular weight is 273 g/mol. The first kappa shape index (κ1) is 12.9. The molecule has 4 aliphatic rings. The van der Waals surface area contributed by atoms with Crippen molar-refractivity contribution in [3.05, 3.63) is 24.0 Å². The molecule has 4 rings (SSSR count). The number of fused-ring (bicyclic) bond motifs is 1. The summed E-state index contributed by atoms with van der Waals surface area (Å²) >= 11 is 0. The van der Waals surface area contributed by atoms with E-state index in [1.807, 2.05) is 7.11 Å². The lowest BCUT2D eigenvalue weighted by Gasteiger charge is -2.63. The van der Waals surface area contributed by atoms with Crippen LogP contribution in [-0.2, 0) is 4.74 Å². The minimum Gasteiger partial charge on any atom is -0.497 e. The van der Waals surface area contributed by atoms with E-state index in [9.17, 15) is 0 Å². The van der Waals surface area contributed by atoms with Crippen molar-refractivity contribution in [1.29, 1.82) is 0 Å². The maximum absolute atomic E-state index is 5.54. The molecule has 1 heterocycles. The topological polar surface area (TPSA) is 12.5 Å². The molecular formula is C18H27NO. The van der Waals surface area contributed by atoms with Crippen LogP contribution >= 0.6 is 0 Å². The van der Waals surface area contributed by atoms with E-state index < -0.39 is 0 Å². The fraction of sp³-hybridized carbons (Fsp3) is 0.778. The molecule has 3 aliphatic carbocycles. The van der Waals surface area contributed by atoms with Crippen molar-refractivity contribution in [2.24, 2.45) is 23.2 Å². The third-order valence-electron chi connectivity index (χ3n) is 6.83. The van der Waals surface area contributed by atoms with Crippen LogP contribution < -0.4 is 0 Å². The minimum atomic E-state index is 0.576. The van der Waals surface area contributed by atoms with E-state index in [-0.39, 0.29) is 0 Å². The highest BCUT2D eigenvalue weighted by Gasteiger charge is 2.57. The lowest BCUT2D eigenvalue weighted by atomic mass is 9.47. The summed E-state index contributed by atoms with van der Waals surface area (Å²) in [5, 5.41) is 0. The molecule has 3 fully saturated rings. The summed E-state index contributed by atoms with van der Waals surface area (Å²) in [6.07, 6.45) is 15.7. The van der Waals surface area contributed by atoms with Crippen LogP contribution in [0, 0.1) is 23.2 Å². The Kier molecular flexibility index (Phi) is 2.99. The van der Waals surface area contributed by atoms with Crippen LogP contribution in [-0.4, -0.2) is 31.6 Å². The summed E-state index contributed by atoms with van der Waals surface area (Å²) < 4.78 is 5.54. The smallest absolute Gasteiger partial charge is 0.114 e. The predicted octanol–water partition coefficient (Wildman–Crippen LogP) is 3.60. The van der Waals surface area contributed by atoms with Gasteiger partial charge in [-0.1, -0.05) is 18.9 Å². The van der Waals surface area contributed by atoms with Gasteiger partial charge in [0.25, 0.3) is 0 Å². The monoisotopic (exact) mass is 273 g/mol. The zero-order chi connectivity index (χ0) is 13.7. The zero-order valence-corrected chi connectivity index (χ0v) is 12.8. The van der Waals surface area contributed by atoms with Crippen molar-refractivity contribution in [2.75, 3.05) is 20.7 Å². The van der Waals surface area contributed by atoms with Gasteiger partial charge in [-0.25, -0.2) is 0 Å². The van der Waals surface area contributed by atoms with E-state index in [0.717, 1.165) is 29.6 Å². The first-order valence-corrected chi connectivity index (χ1v) is 8.39. The number of likely N-dealkylation sites (tertiary alicyclic amines) is 1. The number of methoxy groups -OCH3 is 1. The van der Waals surface area contributed by atoms with Crippen LogP contribution in [0.4, 0.5) is 0 Å². The van der Waals surface area contributed by atoms with Crippen LogP contribution in [0.2, 0.25) is 0 Å². The Morgan fingerprint density at radius 2 is 2.20 bits per heavy atom. The molecule has 0 aromatic rings. The van der Waals surface area contributed by atoms with E-state index in [4.69, 9.17) is 4.74 Å². The van der Waals surface area contributed by atoms with Gasteiger partial charge < -0.3 is 9.64 Å². The summed E-state index contributed by atoms with van der Waals surface area (Å²) in [5.41, 5.74) is 0.576. The Labute approximate surface area is 122 Å². The SMILES string of the molecule is COC1=CC2C(C=C1)CC1C3CCCCC23CCN1C. The van der Waals surface area contributed by atoms with Crippen LogP contribution in [0.15, 0.2) is 24.0 Å². The average Bonchev–Trinajstić information content (AvgIpc) is 2.50. The number of nitrogens with zero attached hydrogens (tertiary/aromatic N) is 1. The van der Waals surface area contributed by atoms with Gasteiger partial charge in [0.2, 0.25) is 0 Å². The Hall–Kier alpha value is -0.760. The van der Waals surface area contributed by atoms with Gasteiger partial charge in [0, 0.05) is 6.04 Å². The number of allylic oxidation sites excluding steroid dienone is 3. The van der Waals surface area contributed by atoms with Gasteiger partial charge >= 0.3 is 0 Å². The number of rotatable bonds is 1. The third kappa shape index (κ3) is 1.67. The van der Waals surface area contributed by atoms with E-state index in [0.29, 0.717) is 5.41 Å². The number of ether oxygens (including phenoxy) is 1. The van der Waals surface area contributed by atoms with E-state index in [2.05, 4.69) is 30.2 Å². The molecule has 2 nitrogen and oxygen atoms in total. The van der Waals surface area contributed by atoms with Crippen LogP contribution in [0.1, 0.15) is 38.5 Å². The number of piperidine rings is 1. The molecule has 0 amide bonds. The maximum atomic E-state index is 5.54. The van der Waals surface area contributed by atoms with Gasteiger partial charge in [-0.05, 0) is 74.6 Å². The molecule has 5 unspecified atom stereocenters. The normalized spacial score (nSPS) is 47.2. The molecule has 0 aromatic heterocycles. The first-order valence-electron chi connectivity index (χ1n) is 8.39. The van der Waals surface area contributed by atoms with E-state index in [1.165, 1.54) is 45.1 Å². The van der Waals surface area contributed by atoms with Crippen LogP contribution in [0.5, 0.6) is 0 Å². The highest BCUT2D eigenvalue weighted by molar-refractivity contribution is 5.27. The maximum Gasteiger partial charge on any atom is 0.114 e. The molecule has 5 atom stereocenters. The van der Waals surface area contributed by atoms with Crippen molar-refractivity contribution in [3.63, 3.8) is 0 Å². The number of hydrogen-bond donors (Lipinski definition) is 0. The Balaban J connectivity index is 1.76. The highest BCUT2D eigenvalue weighted by atomic mass is 16.5. The lowest BCUT2D eigenvalue weighted by molar-refractivity contribution is -0.114. The summed E-state index contributed by atoms with van der Waals surface area (Å²) in [7, 11) is 4.17. The van der Waals surface area contributed by atoms with Crippen LogP contribution in [0.25, 0.3) is 0 Å². The van der Waals surface area contributed by atoms with Gasteiger partial charge in [-0.3, -0.25) is 0 Å². The van der Waals surface area contributed by atoms with Crippen molar-refractivity contribution in [3.8, 4) is 0 Å². The molecule has 0 spiro atoms. The van der Waals surface area contributed by atoms with Gasteiger partial charge in [0.1, 0.15) is 5.76 Å². The van der Waals surface area contributed by atoms with E-state index >= 15 is 0 Å². The fourth-order valence-electron chi connectivity index (χ4n) is 5.89. The zero-order valence-electron chi connectivity index (χ0n) is 12.8. The largest absolute Gasteiger partial charge is 0.497 e. The van der Waals surface area contributed by atoms with Gasteiger partial charge in [-0.15, -0.1) is 0 Å². The second-order valence-electron chi connectivity index (χ2n) is 7.44. The number of hydrogen-bond acceptors (Lipinski definition) is 2. The summed E-state index contributed by atoms with van der Waals surface area (Å²) in [6.45, 7) is 1.30. The molecule has 0 radical (unpaired) electrons. The summed E-state index contributed by atoms with van der Waals surface area (Å²) in [5.74, 6) is 3.51. The lowest BCUT2D eigenvalue weighted by Crippen LogP contribution is -2.61. The molecule has 2 saturated carbocycles. The molecule has 0 N–H and O–H groups in total. The Morgan fingerprint density at radius 3 is 3.05 bits per heavy atom. The Morgan fingerprint density at radius 1 is 1.30 bits per heavy atom. The molecule has 0 aromatic carbocycles. The predicted molar refractivity (Wildman–Crippen MR) is 81.3 cm³/mol. The van der Waals surface area contributed by atoms with E-state index in [1.54, 1.807) is 0 Å². The minimum absolute atomic E-state index is 0.576. The second-order valence-corrected chi connectivity index (χ2v) is 7.44. The molecule has 1 saturated heterocycles.